The van der Waals surface area contributed by atoms with E-state index in [0.717, 1.165) is 130 Å². The van der Waals surface area contributed by atoms with Crippen molar-refractivity contribution in [1.82, 2.24) is 0 Å². The van der Waals surface area contributed by atoms with Gasteiger partial charge in [0, 0.05) is 35.4 Å². The van der Waals surface area contributed by atoms with Crippen molar-refractivity contribution in [3.05, 3.63) is 295 Å². The highest BCUT2D eigenvalue weighted by Crippen LogP contribution is 2.46. The Bertz CT molecular complexity index is 5080. The molecule has 0 saturated heterocycles. The van der Waals surface area contributed by atoms with Crippen LogP contribution >= 0.6 is 23.2 Å². The highest BCUT2D eigenvalue weighted by Gasteiger charge is 2.31. The van der Waals surface area contributed by atoms with Crippen LogP contribution < -0.4 is 0 Å². The number of esters is 2. The van der Waals surface area contributed by atoms with Crippen molar-refractivity contribution in [2.45, 2.75) is 117 Å². The van der Waals surface area contributed by atoms with Crippen LogP contribution in [0.4, 0.5) is 22.7 Å². The monoisotopic (exact) mass is 1410 g/mol. The summed E-state index contributed by atoms with van der Waals surface area (Å²) in [6.45, 7) is 31.0. The fraction of sp³-hybridized carbons (Fsp3) is 0.232. The van der Waals surface area contributed by atoms with Gasteiger partial charge in [0.1, 0.15) is 5.02 Å². The number of hydrogen-bond acceptors (Lipinski definition) is 14. The Balaban J connectivity index is 0.000000195. The van der Waals surface area contributed by atoms with Crippen molar-refractivity contribution in [1.29, 1.82) is 0 Å². The van der Waals surface area contributed by atoms with Crippen LogP contribution in [0, 0.1) is 151 Å². The van der Waals surface area contributed by atoms with E-state index in [4.69, 9.17) is 27.9 Å². The highest BCUT2D eigenvalue weighted by molar-refractivity contribution is 6.39. The zero-order valence-electron chi connectivity index (χ0n) is 60.3. The van der Waals surface area contributed by atoms with Crippen molar-refractivity contribution in [2.75, 3.05) is 14.2 Å². The smallest absolute Gasteiger partial charge is 0.339 e. The molecule has 526 valence electrons. The molecule has 0 fully saturated rings. The zero-order valence-corrected chi connectivity index (χ0v) is 61.8. The third kappa shape index (κ3) is 16.7. The van der Waals surface area contributed by atoms with Gasteiger partial charge in [-0.15, -0.1) is 0 Å². The SMILES string of the molecule is COC(=O)c1cc([N+](=O)[O-])c(-c2ccc(C)c(C)c2)c(C)c1-c1ccc(C)c(C)c1.COC(=O)c1cc([N+](=O)[O-])c(Cl)c(C)c1Cl.Cc1ccc(-c2c(C=O)cc([N+](=O)[O-])c(-c3ccc(C)c(C)c3)c2C)cc1C.Cc1ccc(-c2c(CO)cc([N+](=O)[O-])c(-c3ccc(C)c(C)c3)c2C)cc1C. The van der Waals surface area contributed by atoms with Crippen molar-refractivity contribution in [2.24, 2.45) is 0 Å². The molecular formula is C82H80Cl2N4O14. The number of halogens is 2. The van der Waals surface area contributed by atoms with Gasteiger partial charge in [0.15, 0.2) is 6.29 Å². The third-order valence-electron chi connectivity index (χ3n) is 18.9. The molecule has 0 amide bonds. The molecule has 0 saturated carbocycles. The number of benzene rings is 10. The number of carbonyl (C=O) groups excluding carboxylic acids is 3. The van der Waals surface area contributed by atoms with E-state index in [0.29, 0.717) is 45.2 Å². The van der Waals surface area contributed by atoms with Crippen LogP contribution in [0.2, 0.25) is 10.0 Å². The van der Waals surface area contributed by atoms with Gasteiger partial charge in [0.05, 0.1) is 73.4 Å². The molecule has 0 bridgehead atoms. The molecule has 0 aromatic heterocycles. The first kappa shape index (κ1) is 78.3. The van der Waals surface area contributed by atoms with Gasteiger partial charge in [-0.25, -0.2) is 9.59 Å². The Morgan fingerprint density at radius 3 is 0.941 bits per heavy atom. The van der Waals surface area contributed by atoms with Gasteiger partial charge < -0.3 is 14.6 Å². The molecule has 18 nitrogen and oxygen atoms in total. The molecule has 0 aliphatic heterocycles. The van der Waals surface area contributed by atoms with Gasteiger partial charge in [-0.3, -0.25) is 45.3 Å². The fourth-order valence-electron chi connectivity index (χ4n) is 12.2. The molecule has 0 radical (unpaired) electrons. The lowest BCUT2D eigenvalue weighted by Gasteiger charge is -2.18. The molecule has 0 heterocycles. The summed E-state index contributed by atoms with van der Waals surface area (Å²) in [6.07, 6.45) is 0.703. The number of nitrogens with zero attached hydrogens (tertiary/aromatic N) is 4. The maximum Gasteiger partial charge on any atom is 0.339 e. The minimum absolute atomic E-state index is 0.0254. The number of methoxy groups -OCH3 is 2. The van der Waals surface area contributed by atoms with E-state index >= 15 is 0 Å². The Morgan fingerprint density at radius 1 is 0.353 bits per heavy atom. The topological polar surface area (TPSA) is 262 Å². The lowest BCUT2D eigenvalue weighted by atomic mass is 9.86. The average Bonchev–Trinajstić information content (AvgIpc) is 0.770. The zero-order chi connectivity index (χ0) is 75.8. The molecule has 0 spiro atoms. The van der Waals surface area contributed by atoms with E-state index in [9.17, 15) is 59.9 Å². The molecular weight excluding hydrogens is 1340 g/mol. The van der Waals surface area contributed by atoms with Gasteiger partial charge in [0.25, 0.3) is 22.7 Å². The average molecular weight is 1420 g/mol. The van der Waals surface area contributed by atoms with Gasteiger partial charge in [0.2, 0.25) is 0 Å². The van der Waals surface area contributed by atoms with Crippen LogP contribution in [0.15, 0.2) is 133 Å². The van der Waals surface area contributed by atoms with E-state index in [-0.39, 0.29) is 61.0 Å². The first-order valence-corrected chi connectivity index (χ1v) is 33.1. The molecule has 10 aromatic carbocycles. The van der Waals surface area contributed by atoms with Crippen molar-refractivity contribution < 1.29 is 48.7 Å². The summed E-state index contributed by atoms with van der Waals surface area (Å²) in [5.74, 6) is -1.34. The first-order chi connectivity index (χ1) is 48.0. The van der Waals surface area contributed by atoms with Gasteiger partial charge in [-0.1, -0.05) is 132 Å². The summed E-state index contributed by atoms with van der Waals surface area (Å²) in [6, 6.07) is 40.9. The van der Waals surface area contributed by atoms with Crippen molar-refractivity contribution in [3.8, 4) is 66.8 Å². The van der Waals surface area contributed by atoms with E-state index in [1.165, 1.54) is 37.8 Å². The lowest BCUT2D eigenvalue weighted by Crippen LogP contribution is -2.08. The lowest BCUT2D eigenvalue weighted by molar-refractivity contribution is -0.384. The normalized spacial score (nSPS) is 10.7. The molecule has 102 heavy (non-hydrogen) atoms. The molecule has 0 atom stereocenters. The number of aldehydes is 1. The number of carbonyl (C=O) groups is 3. The van der Waals surface area contributed by atoms with Crippen LogP contribution in [0.5, 0.6) is 0 Å². The van der Waals surface area contributed by atoms with Gasteiger partial charge in [-0.2, -0.15) is 0 Å². The molecule has 0 aliphatic rings. The summed E-state index contributed by atoms with van der Waals surface area (Å²) >= 11 is 11.6. The molecule has 10 aromatic rings. The summed E-state index contributed by atoms with van der Waals surface area (Å²) < 4.78 is 9.42. The number of aliphatic hydroxyl groups is 1. The van der Waals surface area contributed by atoms with Crippen LogP contribution in [-0.4, -0.2) is 57.2 Å². The molecule has 20 heteroatoms. The quantitative estimate of drug-likeness (QED) is 0.0459. The van der Waals surface area contributed by atoms with Gasteiger partial charge >= 0.3 is 11.9 Å². The Labute approximate surface area is 603 Å². The number of aliphatic hydroxyl groups excluding tert-OH is 1. The van der Waals surface area contributed by atoms with E-state index in [1.54, 1.807) is 0 Å². The van der Waals surface area contributed by atoms with E-state index in [1.807, 2.05) is 200 Å². The second kappa shape index (κ2) is 33.0. The predicted molar refractivity (Wildman–Crippen MR) is 405 cm³/mol. The molecule has 10 rings (SSSR count). The number of hydrogen-bond donors (Lipinski definition) is 1. The Morgan fingerprint density at radius 2 is 0.627 bits per heavy atom. The van der Waals surface area contributed by atoms with Crippen LogP contribution in [-0.2, 0) is 16.1 Å². The number of rotatable bonds is 14. The van der Waals surface area contributed by atoms with Crippen molar-refractivity contribution in [3.63, 3.8) is 0 Å². The summed E-state index contributed by atoms with van der Waals surface area (Å²) in [7, 11) is 2.44. The molecule has 0 aliphatic carbocycles. The number of aryl methyl sites for hydroxylation is 12. The Hall–Kier alpha value is -11.1. The number of ether oxygens (including phenoxy) is 2. The van der Waals surface area contributed by atoms with Crippen LogP contribution in [0.1, 0.15) is 126 Å². The van der Waals surface area contributed by atoms with Gasteiger partial charge in [-0.05, 0) is 250 Å². The Kier molecular flexibility index (Phi) is 25.3. The van der Waals surface area contributed by atoms with Crippen LogP contribution in [0.3, 0.4) is 0 Å². The second-order valence-corrected chi connectivity index (χ2v) is 26.1. The number of nitro groups is 4. The van der Waals surface area contributed by atoms with E-state index < -0.39 is 26.7 Å². The standard InChI is InChI=1S/C25H25NO4.C24H25NO3.C24H23NO3.C9H7Cl2NO4/c1-14-7-9-19(11-16(14)3)23-18(5)24(20-10-8-15(2)17(4)12-20)22(26(28)29)13-21(23)25(27)30-6;2*1-14-6-8-19(10-16(14)3)23-18(5)24(20-9-7-15(2)17(4)11-20)22(25(27)28)12-21(23)13-26;1-4-7(10)5(9(13)16-2)3-6(8(4)11)12(14)15/h7-13H,1-6H3;6-12,26H,13H2,1-5H3;6-13H,1-5H3;3H,1-2H3. The molecule has 1 N–H and O–H groups in total. The maximum atomic E-state index is 12.6. The predicted octanol–water partition coefficient (Wildman–Crippen LogP) is 21.5. The van der Waals surface area contributed by atoms with Crippen molar-refractivity contribution >= 4 is 64.2 Å². The maximum absolute atomic E-state index is 12.6. The third-order valence-corrected chi connectivity index (χ3v) is 19.8. The van der Waals surface area contributed by atoms with Crippen LogP contribution in [0.25, 0.3) is 66.8 Å². The minimum atomic E-state index is -0.743. The number of nitro benzene ring substituents is 4. The van der Waals surface area contributed by atoms with E-state index in [2.05, 4.69) is 17.7 Å². The summed E-state index contributed by atoms with van der Waals surface area (Å²) in [5, 5.41) is 56.2. The summed E-state index contributed by atoms with van der Waals surface area (Å²) in [4.78, 5) is 80.1. The highest BCUT2D eigenvalue weighted by atomic mass is 35.5. The fourth-order valence-corrected chi connectivity index (χ4v) is 12.7. The largest absolute Gasteiger partial charge is 0.465 e. The first-order valence-electron chi connectivity index (χ1n) is 32.3. The minimum Gasteiger partial charge on any atom is -0.465 e. The molecule has 0 unspecified atom stereocenters. The summed E-state index contributed by atoms with van der Waals surface area (Å²) in [5.41, 5.74) is 25.4. The second-order valence-electron chi connectivity index (χ2n) is 25.4.